The molecule has 16 heavy (non-hydrogen) atoms. The molecular formula is C13H17NO2. The van der Waals surface area contributed by atoms with Crippen LogP contribution in [0, 0.1) is 5.92 Å². The van der Waals surface area contributed by atoms with Gasteiger partial charge in [-0.2, -0.15) is 0 Å². The van der Waals surface area contributed by atoms with Gasteiger partial charge in [-0.05, 0) is 18.4 Å². The number of hydrogen-bond acceptors (Lipinski definition) is 2. The highest BCUT2D eigenvalue weighted by Crippen LogP contribution is 2.26. The minimum Gasteiger partial charge on any atom is -0.387 e. The van der Waals surface area contributed by atoms with Gasteiger partial charge in [-0.3, -0.25) is 4.79 Å². The van der Waals surface area contributed by atoms with Crippen LogP contribution in [0.25, 0.3) is 0 Å². The molecule has 2 rings (SSSR count). The van der Waals surface area contributed by atoms with Crippen molar-refractivity contribution in [3.8, 4) is 0 Å². The Bertz CT molecular complexity index is 346. The molecule has 1 atom stereocenters. The second kappa shape index (κ2) is 5.12. The van der Waals surface area contributed by atoms with E-state index < -0.39 is 6.10 Å². The highest BCUT2D eigenvalue weighted by molar-refractivity contribution is 5.79. The van der Waals surface area contributed by atoms with Gasteiger partial charge in [0.2, 0.25) is 5.91 Å². The number of nitrogens with one attached hydrogen (secondary N) is 1. The van der Waals surface area contributed by atoms with Gasteiger partial charge < -0.3 is 10.4 Å². The molecular weight excluding hydrogens is 202 g/mol. The molecule has 1 aliphatic rings. The average Bonchev–Trinajstić information content (AvgIpc) is 2.25. The Morgan fingerprint density at radius 1 is 1.38 bits per heavy atom. The zero-order chi connectivity index (χ0) is 11.4. The maximum Gasteiger partial charge on any atom is 0.223 e. The molecule has 3 nitrogen and oxygen atoms in total. The maximum atomic E-state index is 11.5. The standard InChI is InChI=1S/C13H17NO2/c15-12(10-5-2-1-3-6-10)9-14-13(16)11-7-4-8-11/h1-3,5-6,11-12,15H,4,7-9H2,(H,14,16)/t12-/m1/s1. The van der Waals surface area contributed by atoms with Crippen molar-refractivity contribution >= 4 is 5.91 Å². The lowest BCUT2D eigenvalue weighted by molar-refractivity contribution is -0.127. The van der Waals surface area contributed by atoms with Gasteiger partial charge in [0.1, 0.15) is 0 Å². The van der Waals surface area contributed by atoms with Crippen molar-refractivity contribution in [3.05, 3.63) is 35.9 Å². The number of benzene rings is 1. The van der Waals surface area contributed by atoms with E-state index >= 15 is 0 Å². The monoisotopic (exact) mass is 219 g/mol. The average molecular weight is 219 g/mol. The van der Waals surface area contributed by atoms with Crippen molar-refractivity contribution in [1.82, 2.24) is 5.32 Å². The Labute approximate surface area is 95.5 Å². The van der Waals surface area contributed by atoms with E-state index in [2.05, 4.69) is 5.32 Å². The zero-order valence-electron chi connectivity index (χ0n) is 9.23. The summed E-state index contributed by atoms with van der Waals surface area (Å²) in [5, 5.41) is 12.6. The van der Waals surface area contributed by atoms with Gasteiger partial charge in [-0.1, -0.05) is 36.8 Å². The lowest BCUT2D eigenvalue weighted by Crippen LogP contribution is -2.36. The Balaban J connectivity index is 1.79. The van der Waals surface area contributed by atoms with Gasteiger partial charge in [-0.15, -0.1) is 0 Å². The highest BCUT2D eigenvalue weighted by Gasteiger charge is 2.25. The van der Waals surface area contributed by atoms with Gasteiger partial charge in [0.05, 0.1) is 6.10 Å². The van der Waals surface area contributed by atoms with Crippen molar-refractivity contribution in [2.45, 2.75) is 25.4 Å². The van der Waals surface area contributed by atoms with Crippen LogP contribution in [-0.2, 0) is 4.79 Å². The summed E-state index contributed by atoms with van der Waals surface area (Å²) in [5.41, 5.74) is 0.844. The predicted molar refractivity (Wildman–Crippen MR) is 61.8 cm³/mol. The molecule has 0 aromatic heterocycles. The molecule has 2 N–H and O–H groups in total. The molecule has 3 heteroatoms. The zero-order valence-corrected chi connectivity index (χ0v) is 9.23. The van der Waals surface area contributed by atoms with Crippen LogP contribution in [0.2, 0.25) is 0 Å². The van der Waals surface area contributed by atoms with Crippen LogP contribution in [-0.4, -0.2) is 17.6 Å². The number of rotatable bonds is 4. The summed E-state index contributed by atoms with van der Waals surface area (Å²) in [4.78, 5) is 11.5. The fourth-order valence-electron chi connectivity index (χ4n) is 1.81. The molecule has 1 saturated carbocycles. The fraction of sp³-hybridized carbons (Fsp3) is 0.462. The maximum absolute atomic E-state index is 11.5. The summed E-state index contributed by atoms with van der Waals surface area (Å²) in [5.74, 6) is 0.268. The molecule has 0 saturated heterocycles. The number of aliphatic hydroxyl groups excluding tert-OH is 1. The number of carbonyl (C=O) groups excluding carboxylic acids is 1. The van der Waals surface area contributed by atoms with Crippen molar-refractivity contribution in [3.63, 3.8) is 0 Å². The second-order valence-corrected chi connectivity index (χ2v) is 4.30. The van der Waals surface area contributed by atoms with Crippen LogP contribution >= 0.6 is 0 Å². The molecule has 86 valence electrons. The summed E-state index contributed by atoms with van der Waals surface area (Å²) in [6.45, 7) is 0.305. The van der Waals surface area contributed by atoms with E-state index in [1.807, 2.05) is 30.3 Å². The van der Waals surface area contributed by atoms with Crippen LogP contribution in [0.5, 0.6) is 0 Å². The molecule has 0 heterocycles. The van der Waals surface area contributed by atoms with E-state index in [1.165, 1.54) is 0 Å². The molecule has 0 unspecified atom stereocenters. The van der Waals surface area contributed by atoms with Crippen LogP contribution < -0.4 is 5.32 Å². The second-order valence-electron chi connectivity index (χ2n) is 4.30. The van der Waals surface area contributed by atoms with Gasteiger partial charge in [0.15, 0.2) is 0 Å². The number of aliphatic hydroxyl groups is 1. The highest BCUT2D eigenvalue weighted by atomic mass is 16.3. The quantitative estimate of drug-likeness (QED) is 0.808. The molecule has 1 aromatic carbocycles. The first-order valence-electron chi connectivity index (χ1n) is 5.78. The third kappa shape index (κ3) is 2.61. The molecule has 0 aliphatic heterocycles. The van der Waals surface area contributed by atoms with Crippen LogP contribution in [0.1, 0.15) is 30.9 Å². The molecule has 1 aromatic rings. The summed E-state index contributed by atoms with van der Waals surface area (Å²) < 4.78 is 0. The Hall–Kier alpha value is -1.35. The van der Waals surface area contributed by atoms with Crippen LogP contribution in [0.4, 0.5) is 0 Å². The first-order chi connectivity index (χ1) is 7.77. The Morgan fingerprint density at radius 3 is 2.62 bits per heavy atom. The summed E-state index contributed by atoms with van der Waals surface area (Å²) in [6, 6.07) is 9.39. The van der Waals surface area contributed by atoms with E-state index in [1.54, 1.807) is 0 Å². The van der Waals surface area contributed by atoms with Crippen molar-refractivity contribution in [2.75, 3.05) is 6.54 Å². The summed E-state index contributed by atoms with van der Waals surface area (Å²) in [6.07, 6.45) is 2.53. The lowest BCUT2D eigenvalue weighted by Gasteiger charge is -2.24. The lowest BCUT2D eigenvalue weighted by atomic mass is 9.85. The molecule has 1 amide bonds. The van der Waals surface area contributed by atoms with Crippen molar-refractivity contribution in [1.29, 1.82) is 0 Å². The number of carbonyl (C=O) groups is 1. The molecule has 0 radical (unpaired) electrons. The van der Waals surface area contributed by atoms with Crippen molar-refractivity contribution < 1.29 is 9.90 Å². The first kappa shape index (κ1) is 11.1. The largest absolute Gasteiger partial charge is 0.387 e. The SMILES string of the molecule is O=C(NC[C@@H](O)c1ccccc1)C1CCC1. The van der Waals surface area contributed by atoms with Crippen LogP contribution in [0.15, 0.2) is 30.3 Å². The first-order valence-corrected chi connectivity index (χ1v) is 5.78. The van der Waals surface area contributed by atoms with Crippen molar-refractivity contribution in [2.24, 2.45) is 5.92 Å². The van der Waals surface area contributed by atoms with E-state index in [4.69, 9.17) is 0 Å². The Kier molecular flexibility index (Phi) is 3.57. The minimum atomic E-state index is -0.606. The molecule has 1 aliphatic carbocycles. The third-order valence-corrected chi connectivity index (χ3v) is 3.13. The minimum absolute atomic E-state index is 0.0845. The topological polar surface area (TPSA) is 49.3 Å². The third-order valence-electron chi connectivity index (χ3n) is 3.13. The predicted octanol–water partition coefficient (Wildman–Crippen LogP) is 1.64. The molecule has 0 spiro atoms. The van der Waals surface area contributed by atoms with Gasteiger partial charge in [-0.25, -0.2) is 0 Å². The fourth-order valence-corrected chi connectivity index (χ4v) is 1.81. The normalized spacial score (nSPS) is 17.6. The molecule has 0 bridgehead atoms. The van der Waals surface area contributed by atoms with Gasteiger partial charge in [0, 0.05) is 12.5 Å². The number of hydrogen-bond donors (Lipinski definition) is 2. The number of amides is 1. The summed E-state index contributed by atoms with van der Waals surface area (Å²) in [7, 11) is 0. The smallest absolute Gasteiger partial charge is 0.223 e. The molecule has 1 fully saturated rings. The van der Waals surface area contributed by atoms with E-state index in [0.29, 0.717) is 6.54 Å². The van der Waals surface area contributed by atoms with Gasteiger partial charge >= 0.3 is 0 Å². The van der Waals surface area contributed by atoms with E-state index in [0.717, 1.165) is 24.8 Å². The van der Waals surface area contributed by atoms with Crippen LogP contribution in [0.3, 0.4) is 0 Å². The Morgan fingerprint density at radius 2 is 2.06 bits per heavy atom. The van der Waals surface area contributed by atoms with Gasteiger partial charge in [0.25, 0.3) is 0 Å². The summed E-state index contributed by atoms with van der Waals surface area (Å²) >= 11 is 0. The van der Waals surface area contributed by atoms with E-state index in [-0.39, 0.29) is 11.8 Å². The van der Waals surface area contributed by atoms with E-state index in [9.17, 15) is 9.90 Å².